The molecule has 1 fully saturated rings. The van der Waals surface area contributed by atoms with Crippen LogP contribution in [-0.2, 0) is 4.74 Å². The minimum atomic E-state index is 0.455. The van der Waals surface area contributed by atoms with Crippen molar-refractivity contribution in [3.63, 3.8) is 0 Å². The molecule has 1 unspecified atom stereocenters. The first-order chi connectivity index (χ1) is 8.68. The van der Waals surface area contributed by atoms with Crippen LogP contribution in [0, 0.1) is 13.8 Å². The van der Waals surface area contributed by atoms with Crippen molar-refractivity contribution in [2.45, 2.75) is 45.6 Å². The Morgan fingerprint density at radius 3 is 2.94 bits per heavy atom. The number of ether oxygens (including phenoxy) is 2. The monoisotopic (exact) mass is 249 g/mol. The fourth-order valence-electron chi connectivity index (χ4n) is 2.42. The van der Waals surface area contributed by atoms with Crippen LogP contribution in [0.15, 0.2) is 12.1 Å². The highest BCUT2D eigenvalue weighted by molar-refractivity contribution is 5.56. The third-order valence-corrected chi connectivity index (χ3v) is 3.59. The van der Waals surface area contributed by atoms with Gasteiger partial charge in [-0.05, 0) is 51.2 Å². The summed E-state index contributed by atoms with van der Waals surface area (Å²) in [7, 11) is 0. The van der Waals surface area contributed by atoms with Gasteiger partial charge in [-0.1, -0.05) is 6.07 Å². The van der Waals surface area contributed by atoms with Gasteiger partial charge >= 0.3 is 0 Å². The molecule has 0 aromatic heterocycles. The second-order valence-electron chi connectivity index (χ2n) is 5.05. The second-order valence-corrected chi connectivity index (χ2v) is 5.05. The Hall–Kier alpha value is -1.22. The maximum atomic E-state index is 5.89. The molecule has 1 heterocycles. The van der Waals surface area contributed by atoms with E-state index in [1.807, 2.05) is 19.1 Å². The van der Waals surface area contributed by atoms with Crippen molar-refractivity contribution in [1.82, 2.24) is 0 Å². The zero-order valence-electron chi connectivity index (χ0n) is 11.4. The van der Waals surface area contributed by atoms with Crippen LogP contribution in [0.3, 0.4) is 0 Å². The molecule has 1 aliphatic heterocycles. The second kappa shape index (κ2) is 6.10. The molecule has 0 spiro atoms. The largest absolute Gasteiger partial charge is 0.493 e. The van der Waals surface area contributed by atoms with Crippen LogP contribution in [-0.4, -0.2) is 19.3 Å². The molecule has 100 valence electrons. The van der Waals surface area contributed by atoms with E-state index >= 15 is 0 Å². The van der Waals surface area contributed by atoms with E-state index in [0.29, 0.717) is 6.10 Å². The molecule has 1 aromatic rings. The predicted molar refractivity (Wildman–Crippen MR) is 74.0 cm³/mol. The molecule has 2 N–H and O–H groups in total. The summed E-state index contributed by atoms with van der Waals surface area (Å²) in [5, 5.41) is 0. The standard InChI is InChI=1S/C15H23NO2/c1-11-7-8-14(16)12(2)15(11)18-10-4-6-13-5-3-9-17-13/h7-8,13H,3-6,9-10,16H2,1-2H3. The Bertz CT molecular complexity index is 398. The average Bonchev–Trinajstić information content (AvgIpc) is 2.86. The van der Waals surface area contributed by atoms with Gasteiger partial charge in [0.2, 0.25) is 0 Å². The molecule has 18 heavy (non-hydrogen) atoms. The van der Waals surface area contributed by atoms with Crippen molar-refractivity contribution in [3.05, 3.63) is 23.3 Å². The van der Waals surface area contributed by atoms with E-state index in [2.05, 4.69) is 6.92 Å². The van der Waals surface area contributed by atoms with Crippen molar-refractivity contribution >= 4 is 5.69 Å². The number of hydrogen-bond donors (Lipinski definition) is 1. The van der Waals surface area contributed by atoms with E-state index in [1.165, 1.54) is 12.8 Å². The molecule has 3 nitrogen and oxygen atoms in total. The van der Waals surface area contributed by atoms with Gasteiger partial charge in [-0.3, -0.25) is 0 Å². The number of aryl methyl sites for hydroxylation is 1. The number of benzene rings is 1. The highest BCUT2D eigenvalue weighted by Gasteiger charge is 2.15. The van der Waals surface area contributed by atoms with Gasteiger partial charge in [-0.15, -0.1) is 0 Å². The van der Waals surface area contributed by atoms with Crippen LogP contribution in [0.25, 0.3) is 0 Å². The highest BCUT2D eigenvalue weighted by atomic mass is 16.5. The van der Waals surface area contributed by atoms with Gasteiger partial charge in [0.25, 0.3) is 0 Å². The summed E-state index contributed by atoms with van der Waals surface area (Å²) in [6, 6.07) is 3.95. The summed E-state index contributed by atoms with van der Waals surface area (Å²) in [6.07, 6.45) is 5.00. The van der Waals surface area contributed by atoms with E-state index < -0.39 is 0 Å². The van der Waals surface area contributed by atoms with Crippen LogP contribution in [0.2, 0.25) is 0 Å². The Kier molecular flexibility index (Phi) is 4.48. The molecular weight excluding hydrogens is 226 g/mol. The molecule has 1 aliphatic rings. The van der Waals surface area contributed by atoms with E-state index in [9.17, 15) is 0 Å². The molecule has 0 bridgehead atoms. The number of nitrogen functional groups attached to an aromatic ring is 1. The van der Waals surface area contributed by atoms with Gasteiger partial charge in [0.15, 0.2) is 0 Å². The van der Waals surface area contributed by atoms with Gasteiger partial charge in [-0.2, -0.15) is 0 Å². The molecule has 0 radical (unpaired) electrons. The Labute approximate surface area is 109 Å². The minimum absolute atomic E-state index is 0.455. The van der Waals surface area contributed by atoms with Crippen LogP contribution in [0.5, 0.6) is 5.75 Å². The summed E-state index contributed by atoms with van der Waals surface area (Å²) in [5.74, 6) is 0.947. The van der Waals surface area contributed by atoms with E-state index in [4.69, 9.17) is 15.2 Å². The van der Waals surface area contributed by atoms with E-state index in [-0.39, 0.29) is 0 Å². The van der Waals surface area contributed by atoms with Crippen molar-refractivity contribution in [3.8, 4) is 5.75 Å². The van der Waals surface area contributed by atoms with Gasteiger partial charge in [-0.25, -0.2) is 0 Å². The van der Waals surface area contributed by atoms with Crippen LogP contribution < -0.4 is 10.5 Å². The third-order valence-electron chi connectivity index (χ3n) is 3.59. The summed E-state index contributed by atoms with van der Waals surface area (Å²) in [6.45, 7) is 5.74. The lowest BCUT2D eigenvalue weighted by molar-refractivity contribution is 0.0981. The first-order valence-corrected chi connectivity index (χ1v) is 6.78. The van der Waals surface area contributed by atoms with Crippen molar-refractivity contribution < 1.29 is 9.47 Å². The molecule has 2 rings (SSSR count). The smallest absolute Gasteiger partial charge is 0.127 e. The molecule has 3 heteroatoms. The quantitative estimate of drug-likeness (QED) is 0.643. The maximum absolute atomic E-state index is 5.89. The predicted octanol–water partition coefficient (Wildman–Crippen LogP) is 3.22. The van der Waals surface area contributed by atoms with Crippen LogP contribution in [0.4, 0.5) is 5.69 Å². The fraction of sp³-hybridized carbons (Fsp3) is 0.600. The highest BCUT2D eigenvalue weighted by Crippen LogP contribution is 2.28. The number of anilines is 1. The molecule has 1 aromatic carbocycles. The van der Waals surface area contributed by atoms with Crippen molar-refractivity contribution in [2.24, 2.45) is 0 Å². The Morgan fingerprint density at radius 2 is 2.22 bits per heavy atom. The SMILES string of the molecule is Cc1ccc(N)c(C)c1OCCCC1CCCO1. The molecule has 1 saturated heterocycles. The molecule has 0 amide bonds. The number of hydrogen-bond acceptors (Lipinski definition) is 3. The molecule has 0 aliphatic carbocycles. The van der Waals surface area contributed by atoms with Crippen molar-refractivity contribution in [2.75, 3.05) is 18.9 Å². The number of nitrogens with two attached hydrogens (primary N) is 1. The van der Waals surface area contributed by atoms with Crippen LogP contribution >= 0.6 is 0 Å². The summed E-state index contributed by atoms with van der Waals surface area (Å²) >= 11 is 0. The van der Waals surface area contributed by atoms with Gasteiger partial charge < -0.3 is 15.2 Å². The maximum Gasteiger partial charge on any atom is 0.127 e. The van der Waals surface area contributed by atoms with Crippen LogP contribution in [0.1, 0.15) is 36.8 Å². The fourth-order valence-corrected chi connectivity index (χ4v) is 2.42. The topological polar surface area (TPSA) is 44.5 Å². The molecule has 1 atom stereocenters. The molecular formula is C15H23NO2. The average molecular weight is 249 g/mol. The summed E-state index contributed by atoms with van der Waals surface area (Å²) in [5.41, 5.74) is 8.89. The normalized spacial score (nSPS) is 19.1. The zero-order valence-corrected chi connectivity index (χ0v) is 11.4. The molecule has 0 saturated carbocycles. The first kappa shape index (κ1) is 13.2. The van der Waals surface area contributed by atoms with Gasteiger partial charge in [0.1, 0.15) is 5.75 Å². The van der Waals surface area contributed by atoms with Gasteiger partial charge in [0, 0.05) is 17.9 Å². The first-order valence-electron chi connectivity index (χ1n) is 6.78. The lowest BCUT2D eigenvalue weighted by atomic mass is 10.1. The summed E-state index contributed by atoms with van der Waals surface area (Å²) < 4.78 is 11.5. The van der Waals surface area contributed by atoms with E-state index in [1.54, 1.807) is 0 Å². The lowest BCUT2D eigenvalue weighted by Crippen LogP contribution is -2.08. The minimum Gasteiger partial charge on any atom is -0.493 e. The van der Waals surface area contributed by atoms with E-state index in [0.717, 1.165) is 48.6 Å². The number of rotatable bonds is 5. The zero-order chi connectivity index (χ0) is 13.0. The Morgan fingerprint density at radius 1 is 1.39 bits per heavy atom. The summed E-state index contributed by atoms with van der Waals surface area (Å²) in [4.78, 5) is 0. The van der Waals surface area contributed by atoms with Crippen molar-refractivity contribution in [1.29, 1.82) is 0 Å². The third kappa shape index (κ3) is 3.16. The van der Waals surface area contributed by atoms with Gasteiger partial charge in [0.05, 0.1) is 12.7 Å². The lowest BCUT2D eigenvalue weighted by Gasteiger charge is -2.14. The Balaban J connectivity index is 1.80.